The Morgan fingerprint density at radius 2 is 2.09 bits per heavy atom. The second kappa shape index (κ2) is 7.26. The molecule has 2 N–H and O–H groups in total. The van der Waals surface area contributed by atoms with E-state index in [9.17, 15) is 14.7 Å². The second-order valence-electron chi connectivity index (χ2n) is 6.16. The molecule has 2 aromatic rings. The molecule has 1 unspecified atom stereocenters. The van der Waals surface area contributed by atoms with Crippen LogP contribution in [0.3, 0.4) is 0 Å². The van der Waals surface area contributed by atoms with E-state index in [1.807, 2.05) is 49.6 Å². The van der Waals surface area contributed by atoms with Gasteiger partial charge in [-0.15, -0.1) is 0 Å². The zero-order chi connectivity index (χ0) is 17.0. The number of aryl methyl sites for hydroxylation is 2. The van der Waals surface area contributed by atoms with Crippen molar-refractivity contribution in [3.63, 3.8) is 0 Å². The minimum Gasteiger partial charge on any atom is -0.480 e. The molecular formula is C17H23N3O3. The number of amides is 1. The van der Waals surface area contributed by atoms with Gasteiger partial charge in [0.2, 0.25) is 5.91 Å². The van der Waals surface area contributed by atoms with Gasteiger partial charge in [-0.25, -0.2) is 9.78 Å². The maximum atomic E-state index is 12.1. The Hall–Kier alpha value is -2.37. The lowest BCUT2D eigenvalue weighted by Gasteiger charge is -2.16. The average Bonchev–Trinajstić information content (AvgIpc) is 2.79. The summed E-state index contributed by atoms with van der Waals surface area (Å²) in [6.07, 6.45) is 3.11. The lowest BCUT2D eigenvalue weighted by Crippen LogP contribution is -2.41. The highest BCUT2D eigenvalue weighted by molar-refractivity contribution is 5.83. The number of aromatic nitrogens is 2. The molecule has 6 nitrogen and oxygen atoms in total. The Kier molecular flexibility index (Phi) is 5.36. The van der Waals surface area contributed by atoms with Gasteiger partial charge in [0.05, 0.1) is 5.69 Å². The Labute approximate surface area is 135 Å². The van der Waals surface area contributed by atoms with Crippen molar-refractivity contribution in [3.8, 4) is 0 Å². The molecule has 0 saturated heterocycles. The highest BCUT2D eigenvalue weighted by atomic mass is 16.4. The number of imidazole rings is 1. The highest BCUT2D eigenvalue weighted by Gasteiger charge is 2.21. The van der Waals surface area contributed by atoms with Gasteiger partial charge in [-0.3, -0.25) is 4.79 Å². The summed E-state index contributed by atoms with van der Waals surface area (Å²) < 4.78 is 1.96. The predicted molar refractivity (Wildman–Crippen MR) is 87.3 cm³/mol. The maximum absolute atomic E-state index is 12.1. The van der Waals surface area contributed by atoms with E-state index in [0.29, 0.717) is 12.8 Å². The summed E-state index contributed by atoms with van der Waals surface area (Å²) in [7, 11) is 0. The smallest absolute Gasteiger partial charge is 0.326 e. The van der Waals surface area contributed by atoms with Crippen molar-refractivity contribution < 1.29 is 14.7 Å². The molecule has 0 aliphatic rings. The molecule has 23 heavy (non-hydrogen) atoms. The minimum atomic E-state index is -0.988. The molecule has 2 heterocycles. The van der Waals surface area contributed by atoms with Crippen LogP contribution in [0.25, 0.3) is 5.65 Å². The number of nitrogens with zero attached hydrogens (tertiary/aromatic N) is 2. The first-order chi connectivity index (χ1) is 10.9. The molecule has 1 atom stereocenters. The molecule has 0 saturated carbocycles. The number of rotatable bonds is 7. The molecular weight excluding hydrogens is 294 g/mol. The third-order valence-electron chi connectivity index (χ3n) is 3.76. The molecule has 2 aromatic heterocycles. The van der Waals surface area contributed by atoms with E-state index in [0.717, 1.165) is 17.0 Å². The van der Waals surface area contributed by atoms with Crippen molar-refractivity contribution in [1.29, 1.82) is 0 Å². The van der Waals surface area contributed by atoms with Gasteiger partial charge in [-0.05, 0) is 37.8 Å². The van der Waals surface area contributed by atoms with Crippen LogP contribution in [0.2, 0.25) is 0 Å². The van der Waals surface area contributed by atoms with Crippen LogP contribution >= 0.6 is 0 Å². The van der Waals surface area contributed by atoms with Gasteiger partial charge in [-0.2, -0.15) is 0 Å². The number of carbonyl (C=O) groups excluding carboxylic acids is 1. The van der Waals surface area contributed by atoms with Crippen LogP contribution in [0, 0.1) is 12.8 Å². The van der Waals surface area contributed by atoms with Crippen molar-refractivity contribution in [3.05, 3.63) is 35.8 Å². The summed E-state index contributed by atoms with van der Waals surface area (Å²) in [4.78, 5) is 27.7. The number of carboxylic acid groups (broad SMARTS) is 1. The standard InChI is InChI=1S/C17H23N3O3/c1-11(2)10-13(17(22)23)19-16(21)8-7-14-12(3)18-15-6-4-5-9-20(14)15/h4-6,9,11,13H,7-8,10H2,1-3H3,(H,19,21)(H,22,23). The van der Waals surface area contributed by atoms with Gasteiger partial charge in [0.15, 0.2) is 0 Å². The SMILES string of the molecule is Cc1nc2ccccn2c1CCC(=O)NC(CC(C)C)C(=O)O. The van der Waals surface area contributed by atoms with E-state index in [2.05, 4.69) is 10.3 Å². The first kappa shape index (κ1) is 17.0. The normalized spacial score (nSPS) is 12.5. The van der Waals surface area contributed by atoms with Gasteiger partial charge in [0, 0.05) is 18.3 Å². The number of hydrogen-bond acceptors (Lipinski definition) is 3. The molecule has 124 valence electrons. The molecule has 0 spiro atoms. The summed E-state index contributed by atoms with van der Waals surface area (Å²) in [6.45, 7) is 5.78. The molecule has 0 aliphatic carbocycles. The predicted octanol–water partition coefficient (Wildman–Crippen LogP) is 2.19. The molecule has 0 aliphatic heterocycles. The summed E-state index contributed by atoms with van der Waals surface area (Å²) in [5, 5.41) is 11.8. The van der Waals surface area contributed by atoms with Crippen LogP contribution in [0.5, 0.6) is 0 Å². The third kappa shape index (κ3) is 4.31. The lowest BCUT2D eigenvalue weighted by molar-refractivity contribution is -0.142. The molecule has 1 amide bonds. The fraction of sp³-hybridized carbons (Fsp3) is 0.471. The second-order valence-corrected chi connectivity index (χ2v) is 6.16. The summed E-state index contributed by atoms with van der Waals surface area (Å²) in [5.74, 6) is -1.03. The highest BCUT2D eigenvalue weighted by Crippen LogP contribution is 2.14. The zero-order valence-electron chi connectivity index (χ0n) is 13.7. The Morgan fingerprint density at radius 3 is 2.74 bits per heavy atom. The minimum absolute atomic E-state index is 0.206. The van der Waals surface area contributed by atoms with E-state index in [1.54, 1.807) is 0 Å². The van der Waals surface area contributed by atoms with E-state index >= 15 is 0 Å². The van der Waals surface area contributed by atoms with Gasteiger partial charge < -0.3 is 14.8 Å². The van der Waals surface area contributed by atoms with Gasteiger partial charge in [0.25, 0.3) is 0 Å². The largest absolute Gasteiger partial charge is 0.480 e. The molecule has 0 aromatic carbocycles. The van der Waals surface area contributed by atoms with Crippen molar-refractivity contribution in [1.82, 2.24) is 14.7 Å². The van der Waals surface area contributed by atoms with Gasteiger partial charge in [-0.1, -0.05) is 19.9 Å². The van der Waals surface area contributed by atoms with E-state index in [4.69, 9.17) is 0 Å². The molecule has 0 fully saturated rings. The first-order valence-corrected chi connectivity index (χ1v) is 7.83. The fourth-order valence-corrected chi connectivity index (χ4v) is 2.66. The van der Waals surface area contributed by atoms with Crippen LogP contribution in [-0.4, -0.2) is 32.4 Å². The van der Waals surface area contributed by atoms with Crippen LogP contribution in [0.4, 0.5) is 0 Å². The Bertz CT molecular complexity index is 706. The van der Waals surface area contributed by atoms with E-state index in [1.165, 1.54) is 0 Å². The van der Waals surface area contributed by atoms with E-state index in [-0.39, 0.29) is 18.2 Å². The van der Waals surface area contributed by atoms with E-state index < -0.39 is 12.0 Å². The molecule has 0 radical (unpaired) electrons. The number of carboxylic acids is 1. The number of fused-ring (bicyclic) bond motifs is 1. The number of hydrogen-bond donors (Lipinski definition) is 2. The van der Waals surface area contributed by atoms with Crippen LogP contribution in [0.1, 0.15) is 38.1 Å². The fourth-order valence-electron chi connectivity index (χ4n) is 2.66. The summed E-state index contributed by atoms with van der Waals surface area (Å²) in [6, 6.07) is 4.92. The van der Waals surface area contributed by atoms with Gasteiger partial charge >= 0.3 is 5.97 Å². The Morgan fingerprint density at radius 1 is 1.35 bits per heavy atom. The van der Waals surface area contributed by atoms with Crippen LogP contribution in [-0.2, 0) is 16.0 Å². The molecule has 6 heteroatoms. The Balaban J connectivity index is 2.00. The topological polar surface area (TPSA) is 83.7 Å². The number of aliphatic carboxylic acids is 1. The molecule has 0 bridgehead atoms. The first-order valence-electron chi connectivity index (χ1n) is 7.83. The summed E-state index contributed by atoms with van der Waals surface area (Å²) >= 11 is 0. The third-order valence-corrected chi connectivity index (χ3v) is 3.76. The van der Waals surface area contributed by atoms with Crippen LogP contribution < -0.4 is 5.32 Å². The zero-order valence-corrected chi connectivity index (χ0v) is 13.7. The average molecular weight is 317 g/mol. The maximum Gasteiger partial charge on any atom is 0.326 e. The summed E-state index contributed by atoms with van der Waals surface area (Å²) in [5.41, 5.74) is 2.72. The molecule has 2 rings (SSSR count). The number of carbonyl (C=O) groups is 2. The lowest BCUT2D eigenvalue weighted by atomic mass is 10.0. The quantitative estimate of drug-likeness (QED) is 0.820. The van der Waals surface area contributed by atoms with Crippen molar-refractivity contribution in [2.24, 2.45) is 5.92 Å². The van der Waals surface area contributed by atoms with Crippen molar-refractivity contribution in [2.75, 3.05) is 0 Å². The van der Waals surface area contributed by atoms with Crippen molar-refractivity contribution >= 4 is 17.5 Å². The number of nitrogens with one attached hydrogen (secondary N) is 1. The van der Waals surface area contributed by atoms with Crippen LogP contribution in [0.15, 0.2) is 24.4 Å². The van der Waals surface area contributed by atoms with Gasteiger partial charge in [0.1, 0.15) is 11.7 Å². The monoisotopic (exact) mass is 317 g/mol. The van der Waals surface area contributed by atoms with Crippen molar-refractivity contribution in [2.45, 2.75) is 46.1 Å². The number of pyridine rings is 1.